The number of hydrogen-bond donors (Lipinski definition) is 1. The minimum atomic E-state index is -4.96. The second-order valence-corrected chi connectivity index (χ2v) is 11.2. The van der Waals surface area contributed by atoms with Crippen LogP contribution in [0.25, 0.3) is 11.1 Å². The molecule has 2 aliphatic heterocycles. The first-order valence-corrected chi connectivity index (χ1v) is 14.0. The van der Waals surface area contributed by atoms with Gasteiger partial charge in [-0.15, -0.1) is 0 Å². The van der Waals surface area contributed by atoms with Crippen molar-refractivity contribution in [3.63, 3.8) is 0 Å². The Labute approximate surface area is 246 Å². The Morgan fingerprint density at radius 2 is 1.63 bits per heavy atom. The molecule has 3 aromatic rings. The molecule has 0 aliphatic carbocycles. The fourth-order valence-electron chi connectivity index (χ4n) is 5.52. The summed E-state index contributed by atoms with van der Waals surface area (Å²) in [4.78, 5) is 28.1. The third-order valence-corrected chi connectivity index (χ3v) is 7.82. The lowest BCUT2D eigenvalue weighted by atomic mass is 10.0. The molecule has 3 heterocycles. The first kappa shape index (κ1) is 30.6. The number of halogens is 5. The van der Waals surface area contributed by atoms with Gasteiger partial charge < -0.3 is 24.8 Å². The number of carbonyl (C=O) groups is 1. The van der Waals surface area contributed by atoms with E-state index in [1.165, 1.54) is 24.5 Å². The smallest absolute Gasteiger partial charge is 0.372 e. The van der Waals surface area contributed by atoms with Gasteiger partial charge in [0.1, 0.15) is 11.6 Å². The number of ether oxygens (including phenoxy) is 1. The molecule has 8 nitrogen and oxygen atoms in total. The lowest BCUT2D eigenvalue weighted by Crippen LogP contribution is -2.50. The highest BCUT2D eigenvalue weighted by Gasteiger charge is 2.36. The summed E-state index contributed by atoms with van der Waals surface area (Å²) in [6, 6.07) is 4.59. The number of hydrogen-bond acceptors (Lipinski definition) is 7. The van der Waals surface area contributed by atoms with Gasteiger partial charge >= 0.3 is 6.18 Å². The van der Waals surface area contributed by atoms with E-state index in [2.05, 4.69) is 20.2 Å². The van der Waals surface area contributed by atoms with E-state index in [9.17, 15) is 22.4 Å². The number of morpholine rings is 1. The number of alkyl halides is 3. The monoisotopic (exact) mass is 604 g/mol. The number of likely N-dealkylation sites (N-methyl/N-ethyl adjacent to an activating group) is 1. The first-order chi connectivity index (χ1) is 20.3. The number of nitrogens with zero attached hydrogens (tertiary/aromatic N) is 5. The lowest BCUT2D eigenvalue weighted by molar-refractivity contribution is -0.138. The number of amides is 1. The Balaban J connectivity index is 1.52. The average molecular weight is 605 g/mol. The van der Waals surface area contributed by atoms with Gasteiger partial charge in [-0.05, 0) is 58.2 Å². The molecular weight excluding hydrogens is 571 g/mol. The van der Waals surface area contributed by atoms with E-state index in [1.807, 2.05) is 37.6 Å². The van der Waals surface area contributed by atoms with E-state index in [0.29, 0.717) is 49.9 Å². The summed E-state index contributed by atoms with van der Waals surface area (Å²) in [7, 11) is 1.96. The molecule has 3 atom stereocenters. The van der Waals surface area contributed by atoms with Crippen molar-refractivity contribution in [2.75, 3.05) is 54.9 Å². The first-order valence-electron chi connectivity index (χ1n) is 14.0. The summed E-state index contributed by atoms with van der Waals surface area (Å²) in [5.74, 6) is -2.37. The van der Waals surface area contributed by atoms with Crippen molar-refractivity contribution >= 4 is 23.2 Å². The van der Waals surface area contributed by atoms with Crippen LogP contribution in [0.3, 0.4) is 0 Å². The highest BCUT2D eigenvalue weighted by molar-refractivity contribution is 6.07. The Morgan fingerprint density at radius 3 is 2.26 bits per heavy atom. The van der Waals surface area contributed by atoms with E-state index in [4.69, 9.17) is 4.74 Å². The summed E-state index contributed by atoms with van der Waals surface area (Å²) in [6.45, 7) is 8.74. The van der Waals surface area contributed by atoms with Gasteiger partial charge in [-0.2, -0.15) is 13.2 Å². The zero-order chi connectivity index (χ0) is 31.1. The molecule has 2 aromatic carbocycles. The van der Waals surface area contributed by atoms with Crippen molar-refractivity contribution in [3.8, 4) is 11.1 Å². The highest BCUT2D eigenvalue weighted by Crippen LogP contribution is 2.37. The van der Waals surface area contributed by atoms with Crippen LogP contribution in [0.5, 0.6) is 0 Å². The maximum Gasteiger partial charge on any atom is 0.417 e. The summed E-state index contributed by atoms with van der Waals surface area (Å²) in [5, 5.41) is 2.55. The molecule has 2 fully saturated rings. The third kappa shape index (κ3) is 6.72. The van der Waals surface area contributed by atoms with Crippen LogP contribution < -0.4 is 15.1 Å². The summed E-state index contributed by atoms with van der Waals surface area (Å²) < 4.78 is 76.2. The fraction of sp³-hybridized carbons (Fsp3) is 0.433. The number of rotatable bonds is 5. The predicted octanol–water partition coefficient (Wildman–Crippen LogP) is 5.45. The number of anilines is 3. The van der Waals surface area contributed by atoms with Crippen molar-refractivity contribution in [1.82, 2.24) is 14.9 Å². The molecule has 230 valence electrons. The van der Waals surface area contributed by atoms with Gasteiger partial charge in [0, 0.05) is 62.3 Å². The van der Waals surface area contributed by atoms with Crippen molar-refractivity contribution in [1.29, 1.82) is 0 Å². The van der Waals surface area contributed by atoms with Gasteiger partial charge in [0.05, 0.1) is 34.7 Å². The SMILES string of the molecule is C[C@@H]1CN(c2ncc(-c3cc(NC(=O)c4ccc(F)cc4C(F)(F)F)c(N4CCN(C)[C@H](C)C4)cc3F)cn2)C[C@H](C)O1. The Morgan fingerprint density at radius 1 is 0.953 bits per heavy atom. The molecule has 0 saturated carbocycles. The molecule has 43 heavy (non-hydrogen) atoms. The molecule has 0 spiro atoms. The van der Waals surface area contributed by atoms with E-state index >= 15 is 4.39 Å². The minimum Gasteiger partial charge on any atom is -0.372 e. The van der Waals surface area contributed by atoms with Gasteiger partial charge in [0.25, 0.3) is 5.91 Å². The minimum absolute atomic E-state index is 0.0144. The molecule has 1 aromatic heterocycles. The Hall–Kier alpha value is -3.84. The van der Waals surface area contributed by atoms with E-state index in [-0.39, 0.29) is 35.6 Å². The van der Waals surface area contributed by atoms with E-state index in [1.54, 1.807) is 0 Å². The van der Waals surface area contributed by atoms with E-state index in [0.717, 1.165) is 12.1 Å². The number of nitrogens with one attached hydrogen (secondary N) is 1. The van der Waals surface area contributed by atoms with Gasteiger partial charge in [-0.1, -0.05) is 0 Å². The van der Waals surface area contributed by atoms with Gasteiger partial charge in [-0.3, -0.25) is 4.79 Å². The molecule has 2 saturated heterocycles. The van der Waals surface area contributed by atoms with Crippen LogP contribution in [-0.2, 0) is 10.9 Å². The highest BCUT2D eigenvalue weighted by atomic mass is 19.4. The summed E-state index contributed by atoms with van der Waals surface area (Å²) in [6.07, 6.45) is -2.06. The second-order valence-electron chi connectivity index (χ2n) is 11.2. The number of piperazine rings is 1. The van der Waals surface area contributed by atoms with Crippen molar-refractivity contribution in [2.24, 2.45) is 0 Å². The topological polar surface area (TPSA) is 73.8 Å². The molecule has 5 rings (SSSR count). The molecule has 1 amide bonds. The van der Waals surface area contributed by atoms with Crippen molar-refractivity contribution in [2.45, 2.75) is 45.2 Å². The van der Waals surface area contributed by atoms with Crippen molar-refractivity contribution in [3.05, 3.63) is 65.5 Å². The maximum absolute atomic E-state index is 15.7. The zero-order valence-corrected chi connectivity index (χ0v) is 24.3. The molecule has 1 N–H and O–H groups in total. The lowest BCUT2D eigenvalue weighted by Gasteiger charge is -2.39. The molecule has 0 radical (unpaired) electrons. The number of benzene rings is 2. The number of aromatic nitrogens is 2. The van der Waals surface area contributed by atoms with Crippen molar-refractivity contribution < 1.29 is 31.5 Å². The molecule has 0 unspecified atom stereocenters. The third-order valence-electron chi connectivity index (χ3n) is 7.82. The van der Waals surface area contributed by atoms with Crippen LogP contribution in [-0.4, -0.2) is 78.8 Å². The Bertz CT molecular complexity index is 1480. The van der Waals surface area contributed by atoms with Crippen LogP contribution in [0.1, 0.15) is 36.7 Å². The standard InChI is InChI=1S/C30H33F5N6O2/c1-17-14-40(8-7-39(17)4)27-11-25(32)23(20-12-36-29(37-13-20)41-15-18(2)43-19(3)16-41)10-26(27)38-28(42)22-6-5-21(31)9-24(22)30(33,34)35/h5-6,9-13,17-19H,7-8,14-16H2,1-4H3,(H,38,42)/t17-,18-,19+/m1/s1. The van der Waals surface area contributed by atoms with Crippen LogP contribution >= 0.6 is 0 Å². The summed E-state index contributed by atoms with van der Waals surface area (Å²) >= 11 is 0. The van der Waals surface area contributed by atoms with Crippen LogP contribution in [0.2, 0.25) is 0 Å². The fourth-order valence-corrected chi connectivity index (χ4v) is 5.52. The molecular formula is C30H33F5N6O2. The largest absolute Gasteiger partial charge is 0.417 e. The van der Waals surface area contributed by atoms with Gasteiger partial charge in [0.2, 0.25) is 5.95 Å². The summed E-state index contributed by atoms with van der Waals surface area (Å²) in [5.41, 5.74) is -1.35. The van der Waals surface area contributed by atoms with Crippen LogP contribution in [0.4, 0.5) is 39.3 Å². The second kappa shape index (κ2) is 12.0. The van der Waals surface area contributed by atoms with Crippen LogP contribution in [0.15, 0.2) is 42.7 Å². The zero-order valence-electron chi connectivity index (χ0n) is 24.3. The quantitative estimate of drug-likeness (QED) is 0.389. The number of carbonyl (C=O) groups excluding carboxylic acids is 1. The molecule has 13 heteroatoms. The van der Waals surface area contributed by atoms with Gasteiger partial charge in [0.15, 0.2) is 0 Å². The van der Waals surface area contributed by atoms with Gasteiger partial charge in [-0.25, -0.2) is 18.7 Å². The predicted molar refractivity (Wildman–Crippen MR) is 153 cm³/mol. The van der Waals surface area contributed by atoms with E-state index < -0.39 is 34.8 Å². The molecule has 0 bridgehead atoms. The maximum atomic E-state index is 15.7. The Kier molecular flexibility index (Phi) is 8.57. The molecule has 2 aliphatic rings. The normalized spacial score (nSPS) is 21.7. The average Bonchev–Trinajstić information content (AvgIpc) is 2.94. The van der Waals surface area contributed by atoms with Crippen LogP contribution in [0, 0.1) is 11.6 Å².